The Bertz CT molecular complexity index is 804. The van der Waals surface area contributed by atoms with Gasteiger partial charge in [0.25, 0.3) is 0 Å². The van der Waals surface area contributed by atoms with E-state index in [-0.39, 0.29) is 23.6 Å². The van der Waals surface area contributed by atoms with Gasteiger partial charge in [0.05, 0.1) is 7.11 Å². The summed E-state index contributed by atoms with van der Waals surface area (Å²) in [6.45, 7) is -2.80. The van der Waals surface area contributed by atoms with Crippen LogP contribution in [0.25, 0.3) is 6.08 Å². The molecule has 2 aromatic rings. The summed E-state index contributed by atoms with van der Waals surface area (Å²) in [6, 6.07) is 7.92. The second-order valence-electron chi connectivity index (χ2n) is 5.37. The van der Waals surface area contributed by atoms with E-state index in [9.17, 15) is 22.4 Å². The number of rotatable bonds is 8. The lowest BCUT2D eigenvalue weighted by molar-refractivity contribution is -0.116. The number of amides is 1. The SMILES string of the molecule is COc1ccc(CCNC(=O)/C=C/c2c(F)cccc2F)cc1OC(F)F. The molecule has 1 amide bonds. The predicted molar refractivity (Wildman–Crippen MR) is 91.7 cm³/mol. The predicted octanol–water partition coefficient (Wildman–Crippen LogP) is 3.95. The van der Waals surface area contributed by atoms with Gasteiger partial charge in [-0.15, -0.1) is 0 Å². The molecule has 2 rings (SSSR count). The molecular formula is C19H17F4NO3. The van der Waals surface area contributed by atoms with Crippen LogP contribution in [0.4, 0.5) is 17.6 Å². The molecule has 0 aliphatic heterocycles. The molecular weight excluding hydrogens is 366 g/mol. The molecule has 0 saturated heterocycles. The number of carbonyl (C=O) groups is 1. The van der Waals surface area contributed by atoms with E-state index in [4.69, 9.17) is 4.74 Å². The van der Waals surface area contributed by atoms with Gasteiger partial charge in [0.2, 0.25) is 5.91 Å². The Hall–Kier alpha value is -3.03. The monoisotopic (exact) mass is 383 g/mol. The van der Waals surface area contributed by atoms with Crippen molar-refractivity contribution in [2.75, 3.05) is 13.7 Å². The topological polar surface area (TPSA) is 47.6 Å². The first-order valence-electron chi connectivity index (χ1n) is 7.92. The van der Waals surface area contributed by atoms with Crippen molar-refractivity contribution in [2.45, 2.75) is 13.0 Å². The number of methoxy groups -OCH3 is 1. The Morgan fingerprint density at radius 3 is 2.48 bits per heavy atom. The van der Waals surface area contributed by atoms with Gasteiger partial charge in [-0.25, -0.2) is 8.78 Å². The molecule has 0 radical (unpaired) electrons. The molecule has 0 heterocycles. The second-order valence-corrected chi connectivity index (χ2v) is 5.37. The van der Waals surface area contributed by atoms with Crippen LogP contribution in [-0.4, -0.2) is 26.2 Å². The van der Waals surface area contributed by atoms with E-state index in [1.807, 2.05) is 0 Å². The summed E-state index contributed by atoms with van der Waals surface area (Å²) < 4.78 is 61.1. The first-order valence-corrected chi connectivity index (χ1v) is 7.92. The standard InChI is InChI=1S/C19H17F4NO3/c1-26-16-7-5-12(11-17(16)27-19(22)23)9-10-24-18(25)8-6-13-14(20)3-2-4-15(13)21/h2-8,11,19H,9-10H2,1H3,(H,24,25)/b8-6+. The third kappa shape index (κ3) is 6.02. The van der Waals surface area contributed by atoms with Crippen LogP contribution in [-0.2, 0) is 11.2 Å². The quantitative estimate of drug-likeness (QED) is 0.555. The van der Waals surface area contributed by atoms with Crippen LogP contribution in [0.3, 0.4) is 0 Å². The highest BCUT2D eigenvalue weighted by atomic mass is 19.3. The Labute approximate surface area is 153 Å². The first-order chi connectivity index (χ1) is 12.9. The molecule has 8 heteroatoms. The van der Waals surface area contributed by atoms with Gasteiger partial charge < -0.3 is 14.8 Å². The van der Waals surface area contributed by atoms with Crippen molar-refractivity contribution in [3.63, 3.8) is 0 Å². The van der Waals surface area contributed by atoms with Crippen LogP contribution >= 0.6 is 0 Å². The molecule has 1 N–H and O–H groups in total. The van der Waals surface area contributed by atoms with Gasteiger partial charge in [-0.3, -0.25) is 4.79 Å². The minimum atomic E-state index is -2.99. The molecule has 0 unspecified atom stereocenters. The average Bonchev–Trinajstić information content (AvgIpc) is 2.61. The van der Waals surface area contributed by atoms with Gasteiger partial charge >= 0.3 is 6.61 Å². The van der Waals surface area contributed by atoms with Crippen LogP contribution in [0, 0.1) is 11.6 Å². The van der Waals surface area contributed by atoms with E-state index in [1.54, 1.807) is 6.07 Å². The van der Waals surface area contributed by atoms with E-state index in [1.165, 1.54) is 25.3 Å². The average molecular weight is 383 g/mol. The number of halogens is 4. The van der Waals surface area contributed by atoms with Gasteiger partial charge in [0.1, 0.15) is 11.6 Å². The Morgan fingerprint density at radius 2 is 1.85 bits per heavy atom. The van der Waals surface area contributed by atoms with Crippen LogP contribution in [0.15, 0.2) is 42.5 Å². The van der Waals surface area contributed by atoms with Gasteiger partial charge in [-0.1, -0.05) is 12.1 Å². The molecule has 27 heavy (non-hydrogen) atoms. The summed E-state index contributed by atoms with van der Waals surface area (Å²) in [5.41, 5.74) is 0.326. The van der Waals surface area contributed by atoms with Crippen LogP contribution in [0.5, 0.6) is 11.5 Å². The fourth-order valence-electron chi connectivity index (χ4n) is 2.28. The van der Waals surface area contributed by atoms with Gasteiger partial charge in [-0.05, 0) is 42.3 Å². The fourth-order valence-corrected chi connectivity index (χ4v) is 2.28. The lowest BCUT2D eigenvalue weighted by Crippen LogP contribution is -2.23. The van der Waals surface area contributed by atoms with Gasteiger partial charge in [-0.2, -0.15) is 8.78 Å². The van der Waals surface area contributed by atoms with Crippen LogP contribution in [0.1, 0.15) is 11.1 Å². The molecule has 0 aromatic heterocycles. The normalized spacial score (nSPS) is 11.0. The van der Waals surface area contributed by atoms with Crippen molar-refractivity contribution in [3.05, 3.63) is 65.2 Å². The summed E-state index contributed by atoms with van der Waals surface area (Å²) in [6.07, 6.45) is 2.39. The number of benzene rings is 2. The van der Waals surface area contributed by atoms with Crippen molar-refractivity contribution < 1.29 is 31.8 Å². The van der Waals surface area contributed by atoms with Crippen molar-refractivity contribution in [2.24, 2.45) is 0 Å². The molecule has 0 bridgehead atoms. The van der Waals surface area contributed by atoms with Gasteiger partial charge in [0.15, 0.2) is 11.5 Å². The number of ether oxygens (including phenoxy) is 2. The van der Waals surface area contributed by atoms with Crippen molar-refractivity contribution in [1.82, 2.24) is 5.32 Å². The summed E-state index contributed by atoms with van der Waals surface area (Å²) in [7, 11) is 1.33. The van der Waals surface area contributed by atoms with Gasteiger partial charge in [0, 0.05) is 18.2 Å². The minimum absolute atomic E-state index is 0.105. The van der Waals surface area contributed by atoms with E-state index in [2.05, 4.69) is 10.1 Å². The van der Waals surface area contributed by atoms with E-state index in [0.717, 1.165) is 24.3 Å². The van der Waals surface area contributed by atoms with Crippen LogP contribution < -0.4 is 14.8 Å². The summed E-state index contributed by atoms with van der Waals surface area (Å²) in [5.74, 6) is -2.04. The largest absolute Gasteiger partial charge is 0.493 e. The molecule has 4 nitrogen and oxygen atoms in total. The smallest absolute Gasteiger partial charge is 0.387 e. The maximum absolute atomic E-state index is 13.5. The maximum atomic E-state index is 13.5. The highest BCUT2D eigenvalue weighted by Gasteiger charge is 2.11. The van der Waals surface area contributed by atoms with E-state index < -0.39 is 24.2 Å². The lowest BCUT2D eigenvalue weighted by Gasteiger charge is -2.11. The molecule has 0 spiro atoms. The van der Waals surface area contributed by atoms with Crippen molar-refractivity contribution in [1.29, 1.82) is 0 Å². The molecule has 2 aromatic carbocycles. The Morgan fingerprint density at radius 1 is 1.15 bits per heavy atom. The zero-order valence-corrected chi connectivity index (χ0v) is 14.3. The minimum Gasteiger partial charge on any atom is -0.493 e. The first kappa shape index (κ1) is 20.3. The summed E-state index contributed by atoms with van der Waals surface area (Å²) in [4.78, 5) is 11.8. The molecule has 0 aliphatic carbocycles. The summed E-state index contributed by atoms with van der Waals surface area (Å²) >= 11 is 0. The number of hydrogen-bond acceptors (Lipinski definition) is 3. The molecule has 0 fully saturated rings. The van der Waals surface area contributed by atoms with Crippen molar-refractivity contribution in [3.8, 4) is 11.5 Å². The van der Waals surface area contributed by atoms with E-state index >= 15 is 0 Å². The Kier molecular flexibility index (Phi) is 7.22. The third-order valence-electron chi connectivity index (χ3n) is 3.56. The summed E-state index contributed by atoms with van der Waals surface area (Å²) in [5, 5.41) is 2.54. The number of nitrogens with one attached hydrogen (secondary N) is 1. The fraction of sp³-hybridized carbons (Fsp3) is 0.211. The molecule has 0 atom stereocenters. The molecule has 144 valence electrons. The number of alkyl halides is 2. The molecule has 0 aliphatic rings. The third-order valence-corrected chi connectivity index (χ3v) is 3.56. The molecule has 0 saturated carbocycles. The second kappa shape index (κ2) is 9.61. The Balaban J connectivity index is 1.92. The van der Waals surface area contributed by atoms with Crippen molar-refractivity contribution >= 4 is 12.0 Å². The van der Waals surface area contributed by atoms with E-state index in [0.29, 0.717) is 12.0 Å². The maximum Gasteiger partial charge on any atom is 0.387 e. The number of hydrogen-bond donors (Lipinski definition) is 1. The number of carbonyl (C=O) groups excluding carboxylic acids is 1. The van der Waals surface area contributed by atoms with Crippen LogP contribution in [0.2, 0.25) is 0 Å². The highest BCUT2D eigenvalue weighted by molar-refractivity contribution is 5.91. The zero-order valence-electron chi connectivity index (χ0n) is 14.3. The highest BCUT2D eigenvalue weighted by Crippen LogP contribution is 2.29. The zero-order chi connectivity index (χ0) is 19.8. The lowest BCUT2D eigenvalue weighted by atomic mass is 10.1.